The van der Waals surface area contributed by atoms with Crippen molar-refractivity contribution in [2.24, 2.45) is 5.92 Å². The third-order valence-electron chi connectivity index (χ3n) is 3.70. The van der Waals surface area contributed by atoms with Gasteiger partial charge in [-0.2, -0.15) is 0 Å². The highest BCUT2D eigenvalue weighted by molar-refractivity contribution is 6.00. The first-order chi connectivity index (χ1) is 9.06. The number of nitrogens with zero attached hydrogens (tertiary/aromatic N) is 1. The average molecular weight is 256 g/mol. The van der Waals surface area contributed by atoms with E-state index in [0.717, 1.165) is 25.2 Å². The minimum Gasteiger partial charge on any atom is -0.349 e. The molecule has 1 amide bonds. The molecule has 1 aliphatic rings. The molecule has 1 aliphatic heterocycles. The molecule has 0 fully saturated rings. The Hall–Kier alpha value is -1.77. The van der Waals surface area contributed by atoms with Gasteiger partial charge in [-0.3, -0.25) is 4.79 Å². The van der Waals surface area contributed by atoms with Crippen LogP contribution in [0.5, 0.6) is 0 Å². The fourth-order valence-corrected chi connectivity index (χ4v) is 3.06. The van der Waals surface area contributed by atoms with Crippen LogP contribution < -0.4 is 5.32 Å². The summed E-state index contributed by atoms with van der Waals surface area (Å²) >= 11 is 0. The summed E-state index contributed by atoms with van der Waals surface area (Å²) < 4.78 is 2.19. The first-order valence-corrected chi connectivity index (χ1v) is 6.97. The topological polar surface area (TPSA) is 34.0 Å². The molecular weight excluding hydrogens is 236 g/mol. The van der Waals surface area contributed by atoms with Crippen LogP contribution in [0.1, 0.15) is 35.5 Å². The van der Waals surface area contributed by atoms with Crippen molar-refractivity contribution in [1.29, 1.82) is 0 Å². The number of carbonyl (C=O) groups is 1. The number of carbonyl (C=O) groups excluding carboxylic acids is 1. The molecule has 0 radical (unpaired) electrons. The van der Waals surface area contributed by atoms with Gasteiger partial charge in [0, 0.05) is 18.5 Å². The second-order valence-electron chi connectivity index (χ2n) is 5.90. The number of amides is 1. The van der Waals surface area contributed by atoms with E-state index in [1.165, 1.54) is 22.0 Å². The lowest BCUT2D eigenvalue weighted by Crippen LogP contribution is -2.35. The SMILES string of the molecule is Cc1cc(CC(C)C)c2c(c1)cc1n2CCNC1=O. The number of aryl methyl sites for hydroxylation is 1. The molecule has 0 bridgehead atoms. The summed E-state index contributed by atoms with van der Waals surface area (Å²) in [5.74, 6) is 0.671. The number of hydrogen-bond acceptors (Lipinski definition) is 1. The van der Waals surface area contributed by atoms with Crippen LogP contribution in [0.3, 0.4) is 0 Å². The van der Waals surface area contributed by atoms with Crippen molar-refractivity contribution in [2.75, 3.05) is 6.54 Å². The zero-order chi connectivity index (χ0) is 13.6. The van der Waals surface area contributed by atoms with Gasteiger partial charge in [-0.1, -0.05) is 25.5 Å². The highest BCUT2D eigenvalue weighted by Gasteiger charge is 2.21. The quantitative estimate of drug-likeness (QED) is 0.880. The van der Waals surface area contributed by atoms with E-state index >= 15 is 0 Å². The zero-order valence-corrected chi connectivity index (χ0v) is 11.8. The van der Waals surface area contributed by atoms with Crippen LogP contribution in [0, 0.1) is 12.8 Å². The molecule has 0 saturated carbocycles. The van der Waals surface area contributed by atoms with E-state index in [2.05, 4.69) is 42.8 Å². The van der Waals surface area contributed by atoms with Crippen molar-refractivity contribution in [3.63, 3.8) is 0 Å². The summed E-state index contributed by atoms with van der Waals surface area (Å²) in [4.78, 5) is 11.9. The Kier molecular flexibility index (Phi) is 2.85. The van der Waals surface area contributed by atoms with Gasteiger partial charge in [0.2, 0.25) is 0 Å². The average Bonchev–Trinajstić information content (AvgIpc) is 2.67. The van der Waals surface area contributed by atoms with Gasteiger partial charge in [0.1, 0.15) is 5.69 Å². The van der Waals surface area contributed by atoms with Crippen LogP contribution in [0.15, 0.2) is 18.2 Å². The second-order valence-corrected chi connectivity index (χ2v) is 5.90. The number of nitrogens with one attached hydrogen (secondary N) is 1. The molecule has 0 unspecified atom stereocenters. The maximum Gasteiger partial charge on any atom is 0.268 e. The highest BCUT2D eigenvalue weighted by Crippen LogP contribution is 2.28. The molecule has 3 nitrogen and oxygen atoms in total. The summed E-state index contributed by atoms with van der Waals surface area (Å²) in [6, 6.07) is 6.47. The van der Waals surface area contributed by atoms with Gasteiger partial charge in [0.25, 0.3) is 5.91 Å². The maximum atomic E-state index is 11.9. The summed E-state index contributed by atoms with van der Waals surface area (Å²) in [6.45, 7) is 8.20. The number of fused-ring (bicyclic) bond motifs is 3. The Labute approximate surface area is 113 Å². The molecule has 100 valence electrons. The van der Waals surface area contributed by atoms with E-state index in [1.807, 2.05) is 6.07 Å². The van der Waals surface area contributed by atoms with Crippen molar-refractivity contribution in [2.45, 2.75) is 33.7 Å². The first-order valence-electron chi connectivity index (χ1n) is 6.97. The summed E-state index contributed by atoms with van der Waals surface area (Å²) in [5, 5.41) is 4.11. The van der Waals surface area contributed by atoms with Crippen molar-refractivity contribution >= 4 is 16.8 Å². The third kappa shape index (κ3) is 2.03. The Morgan fingerprint density at radius 1 is 1.32 bits per heavy atom. The Bertz CT molecular complexity index is 652. The fraction of sp³-hybridized carbons (Fsp3) is 0.438. The number of benzene rings is 1. The van der Waals surface area contributed by atoms with Crippen LogP contribution >= 0.6 is 0 Å². The van der Waals surface area contributed by atoms with Crippen molar-refractivity contribution in [3.8, 4) is 0 Å². The van der Waals surface area contributed by atoms with Crippen LogP contribution in [0.25, 0.3) is 10.9 Å². The standard InChI is InChI=1S/C16H20N2O/c1-10(2)6-12-7-11(3)8-13-9-14-16(19)17-4-5-18(14)15(12)13/h7-10H,4-6H2,1-3H3,(H,17,19). The van der Waals surface area contributed by atoms with E-state index in [0.29, 0.717) is 5.92 Å². The van der Waals surface area contributed by atoms with Gasteiger partial charge in [-0.05, 0) is 37.0 Å². The van der Waals surface area contributed by atoms with Crippen LogP contribution in [-0.4, -0.2) is 17.0 Å². The van der Waals surface area contributed by atoms with Gasteiger partial charge >= 0.3 is 0 Å². The molecule has 0 atom stereocenters. The smallest absolute Gasteiger partial charge is 0.268 e. The minimum atomic E-state index is 0.0515. The first kappa shape index (κ1) is 12.3. The molecule has 0 aliphatic carbocycles. The minimum absolute atomic E-state index is 0.0515. The molecule has 1 aromatic heterocycles. The maximum absolute atomic E-state index is 11.9. The van der Waals surface area contributed by atoms with Gasteiger partial charge in [0.05, 0.1) is 5.52 Å². The number of hydrogen-bond donors (Lipinski definition) is 1. The largest absolute Gasteiger partial charge is 0.349 e. The van der Waals surface area contributed by atoms with Crippen LogP contribution in [0.2, 0.25) is 0 Å². The van der Waals surface area contributed by atoms with Crippen LogP contribution in [0.4, 0.5) is 0 Å². The van der Waals surface area contributed by atoms with Gasteiger partial charge < -0.3 is 9.88 Å². The highest BCUT2D eigenvalue weighted by atomic mass is 16.2. The normalized spacial score (nSPS) is 14.8. The van der Waals surface area contributed by atoms with Gasteiger partial charge in [0.15, 0.2) is 0 Å². The van der Waals surface area contributed by atoms with E-state index in [1.54, 1.807) is 0 Å². The zero-order valence-electron chi connectivity index (χ0n) is 11.8. The molecule has 1 N–H and O–H groups in total. The van der Waals surface area contributed by atoms with Crippen LogP contribution in [-0.2, 0) is 13.0 Å². The molecule has 2 heterocycles. The van der Waals surface area contributed by atoms with Crippen molar-refractivity contribution in [3.05, 3.63) is 35.0 Å². The lowest BCUT2D eigenvalue weighted by Gasteiger charge is -2.18. The number of rotatable bonds is 2. The lowest BCUT2D eigenvalue weighted by atomic mass is 9.99. The molecule has 0 spiro atoms. The molecule has 19 heavy (non-hydrogen) atoms. The van der Waals surface area contributed by atoms with E-state index < -0.39 is 0 Å². The van der Waals surface area contributed by atoms with Gasteiger partial charge in [-0.25, -0.2) is 0 Å². The molecule has 3 heteroatoms. The predicted molar refractivity (Wildman–Crippen MR) is 77.6 cm³/mol. The van der Waals surface area contributed by atoms with Crippen molar-refractivity contribution in [1.82, 2.24) is 9.88 Å². The molecule has 2 aromatic rings. The molecule has 3 rings (SSSR count). The van der Waals surface area contributed by atoms with Crippen molar-refractivity contribution < 1.29 is 4.79 Å². The number of aromatic nitrogens is 1. The second kappa shape index (κ2) is 4.41. The van der Waals surface area contributed by atoms with E-state index in [-0.39, 0.29) is 5.91 Å². The summed E-state index contributed by atoms with van der Waals surface area (Å²) in [6.07, 6.45) is 1.06. The molecule has 1 aromatic carbocycles. The van der Waals surface area contributed by atoms with Gasteiger partial charge in [-0.15, -0.1) is 0 Å². The Morgan fingerprint density at radius 3 is 2.84 bits per heavy atom. The fourth-order valence-electron chi connectivity index (χ4n) is 3.06. The predicted octanol–water partition coefficient (Wildman–Crippen LogP) is 2.89. The summed E-state index contributed by atoms with van der Waals surface area (Å²) in [5.41, 5.74) is 4.69. The molecule has 0 saturated heterocycles. The molecular formula is C16H20N2O. The summed E-state index contributed by atoms with van der Waals surface area (Å²) in [7, 11) is 0. The third-order valence-corrected chi connectivity index (χ3v) is 3.70. The van der Waals surface area contributed by atoms with E-state index in [9.17, 15) is 4.79 Å². The lowest BCUT2D eigenvalue weighted by molar-refractivity contribution is 0.0929. The van der Waals surface area contributed by atoms with E-state index in [4.69, 9.17) is 0 Å². The monoisotopic (exact) mass is 256 g/mol. The Balaban J connectivity index is 2.27. The Morgan fingerprint density at radius 2 is 2.11 bits per heavy atom.